The van der Waals surface area contributed by atoms with E-state index >= 15 is 0 Å². The first-order valence-electron chi connectivity index (χ1n) is 5.70. The highest BCUT2D eigenvalue weighted by Crippen LogP contribution is 2.16. The number of rotatable bonds is 2. The molecule has 0 unspecified atom stereocenters. The number of hydrazine groups is 1. The number of nitrogens with two attached hydrogens (primary N) is 1. The maximum Gasteiger partial charge on any atom is 0.305 e. The van der Waals surface area contributed by atoms with Crippen molar-refractivity contribution in [2.24, 2.45) is 5.73 Å². The second-order valence-corrected chi connectivity index (χ2v) is 5.26. The Bertz CT molecular complexity index is 657. The van der Waals surface area contributed by atoms with Crippen LogP contribution in [0.4, 0.5) is 5.69 Å². The Morgan fingerprint density at radius 1 is 1.40 bits per heavy atom. The Balaban J connectivity index is 2.22. The molecule has 0 aliphatic carbocycles. The Morgan fingerprint density at radius 2 is 2.15 bits per heavy atom. The zero-order valence-corrected chi connectivity index (χ0v) is 13.0. The molecule has 5 nitrogen and oxygen atoms in total. The van der Waals surface area contributed by atoms with Crippen LogP contribution in [0.2, 0.25) is 0 Å². The Kier molecular flexibility index (Phi) is 4.41. The van der Waals surface area contributed by atoms with Gasteiger partial charge in [-0.25, -0.2) is 5.01 Å². The van der Waals surface area contributed by atoms with Gasteiger partial charge in [-0.15, -0.1) is 0 Å². The average molecular weight is 354 g/mol. The number of hydrogen-bond donors (Lipinski definition) is 2. The summed E-state index contributed by atoms with van der Waals surface area (Å²) in [6.45, 7) is 1.94. The van der Waals surface area contributed by atoms with Gasteiger partial charge in [0.15, 0.2) is 15.5 Å². The molecule has 0 aliphatic heterocycles. The van der Waals surface area contributed by atoms with Crippen molar-refractivity contribution in [2.75, 3.05) is 5.01 Å². The summed E-state index contributed by atoms with van der Waals surface area (Å²) < 4.78 is 5.65. The molecule has 0 aliphatic rings. The van der Waals surface area contributed by atoms with Gasteiger partial charge in [-0.05, 0) is 64.9 Å². The number of anilines is 1. The van der Waals surface area contributed by atoms with Gasteiger partial charge in [0, 0.05) is 0 Å². The molecule has 0 saturated carbocycles. The first-order valence-corrected chi connectivity index (χ1v) is 6.90. The molecule has 0 atom stereocenters. The van der Waals surface area contributed by atoms with Gasteiger partial charge < -0.3 is 10.2 Å². The summed E-state index contributed by atoms with van der Waals surface area (Å²) in [5.41, 5.74) is 9.96. The molecule has 1 aromatic carbocycles. The van der Waals surface area contributed by atoms with Crippen LogP contribution < -0.4 is 16.2 Å². The van der Waals surface area contributed by atoms with Crippen LogP contribution in [-0.4, -0.2) is 11.0 Å². The topological polar surface area (TPSA) is 71.5 Å². The smallest absolute Gasteiger partial charge is 0.305 e. The molecule has 0 saturated heterocycles. The van der Waals surface area contributed by atoms with Crippen LogP contribution in [0.1, 0.15) is 16.1 Å². The van der Waals surface area contributed by atoms with Gasteiger partial charge in [-0.1, -0.05) is 12.1 Å². The van der Waals surface area contributed by atoms with Crippen molar-refractivity contribution in [1.29, 1.82) is 0 Å². The van der Waals surface area contributed by atoms with Crippen LogP contribution in [0.3, 0.4) is 0 Å². The van der Waals surface area contributed by atoms with E-state index in [-0.39, 0.29) is 10.9 Å². The maximum absolute atomic E-state index is 12.0. The number of benzene rings is 1. The van der Waals surface area contributed by atoms with Crippen molar-refractivity contribution >= 4 is 44.9 Å². The van der Waals surface area contributed by atoms with Gasteiger partial charge >= 0.3 is 5.91 Å². The number of carbonyl (C=O) groups excluding carboxylic acids is 1. The lowest BCUT2D eigenvalue weighted by Crippen LogP contribution is -2.49. The summed E-state index contributed by atoms with van der Waals surface area (Å²) in [4.78, 5) is 12.0. The predicted molar refractivity (Wildman–Crippen MR) is 84.3 cm³/mol. The Hall–Kier alpha value is -1.86. The van der Waals surface area contributed by atoms with E-state index in [2.05, 4.69) is 21.4 Å². The molecule has 104 valence electrons. The lowest BCUT2D eigenvalue weighted by Gasteiger charge is -2.23. The largest absolute Gasteiger partial charge is 0.444 e. The number of amides is 1. The predicted octanol–water partition coefficient (Wildman–Crippen LogP) is 2.75. The van der Waals surface area contributed by atoms with Crippen LogP contribution in [0, 0.1) is 6.92 Å². The van der Waals surface area contributed by atoms with E-state index in [9.17, 15) is 4.79 Å². The number of thiocarbonyl (C=S) groups is 1. The summed E-state index contributed by atoms with van der Waals surface area (Å²) in [6, 6.07) is 10.6. The molecule has 0 bridgehead atoms. The number of hydrogen-bond acceptors (Lipinski definition) is 3. The quantitative estimate of drug-likeness (QED) is 0.641. The van der Waals surface area contributed by atoms with Crippen molar-refractivity contribution in [3.8, 4) is 0 Å². The third kappa shape index (κ3) is 3.37. The van der Waals surface area contributed by atoms with Crippen LogP contribution in [0.25, 0.3) is 0 Å². The second kappa shape index (κ2) is 6.06. The van der Waals surface area contributed by atoms with Crippen LogP contribution in [0.5, 0.6) is 0 Å². The molecule has 7 heteroatoms. The first-order chi connectivity index (χ1) is 9.47. The van der Waals surface area contributed by atoms with Crippen molar-refractivity contribution in [1.82, 2.24) is 5.43 Å². The van der Waals surface area contributed by atoms with Crippen LogP contribution >= 0.6 is 28.1 Å². The molecule has 2 rings (SSSR count). The number of aryl methyl sites for hydroxylation is 1. The molecule has 0 radical (unpaired) electrons. The van der Waals surface area contributed by atoms with Crippen LogP contribution in [-0.2, 0) is 0 Å². The lowest BCUT2D eigenvalue weighted by atomic mass is 10.2. The summed E-state index contributed by atoms with van der Waals surface area (Å²) in [7, 11) is 0. The molecule has 1 heterocycles. The molecule has 20 heavy (non-hydrogen) atoms. The summed E-state index contributed by atoms with van der Waals surface area (Å²) >= 11 is 8.10. The van der Waals surface area contributed by atoms with E-state index in [0.29, 0.717) is 10.4 Å². The monoisotopic (exact) mass is 353 g/mol. The second-order valence-electron chi connectivity index (χ2n) is 4.06. The van der Waals surface area contributed by atoms with Crippen molar-refractivity contribution in [3.63, 3.8) is 0 Å². The third-order valence-electron chi connectivity index (χ3n) is 2.49. The molecule has 1 aromatic heterocycles. The minimum absolute atomic E-state index is 0.0366. The number of nitrogens with zero attached hydrogens (tertiary/aromatic N) is 1. The molecule has 2 aromatic rings. The number of halogens is 1. The third-order valence-corrected chi connectivity index (χ3v) is 3.10. The van der Waals surface area contributed by atoms with E-state index in [1.807, 2.05) is 25.1 Å². The minimum atomic E-state index is -0.440. The van der Waals surface area contributed by atoms with Crippen molar-refractivity contribution in [3.05, 3.63) is 52.4 Å². The number of carbonyl (C=O) groups is 1. The number of nitrogens with one attached hydrogen (secondary N) is 1. The van der Waals surface area contributed by atoms with E-state index in [4.69, 9.17) is 22.4 Å². The highest BCUT2D eigenvalue weighted by atomic mass is 79.9. The number of furan rings is 1. The fourth-order valence-corrected chi connectivity index (χ4v) is 2.06. The van der Waals surface area contributed by atoms with Gasteiger partial charge in [0.25, 0.3) is 0 Å². The lowest BCUT2D eigenvalue weighted by molar-refractivity contribution is 0.0926. The molecule has 3 N–H and O–H groups in total. The first kappa shape index (κ1) is 14.5. The van der Waals surface area contributed by atoms with E-state index in [1.165, 1.54) is 5.01 Å². The average Bonchev–Trinajstić information content (AvgIpc) is 2.82. The van der Waals surface area contributed by atoms with Crippen LogP contribution in [0.15, 0.2) is 45.5 Å². The van der Waals surface area contributed by atoms with Gasteiger partial charge in [-0.2, -0.15) is 0 Å². The highest BCUT2D eigenvalue weighted by molar-refractivity contribution is 9.10. The Labute approximate surface area is 129 Å². The van der Waals surface area contributed by atoms with Crippen molar-refractivity contribution < 1.29 is 9.21 Å². The van der Waals surface area contributed by atoms with E-state index in [1.54, 1.807) is 18.2 Å². The Morgan fingerprint density at radius 3 is 2.70 bits per heavy atom. The normalized spacial score (nSPS) is 10.1. The maximum atomic E-state index is 12.0. The molecule has 1 amide bonds. The molecular weight excluding hydrogens is 342 g/mol. The molecular formula is C13H12BrN3O2S. The summed E-state index contributed by atoms with van der Waals surface area (Å²) in [6.07, 6.45) is 0. The SMILES string of the molecule is Cc1cccc(N(NC(=O)c2ccc(Br)o2)C(N)=S)c1. The van der Waals surface area contributed by atoms with E-state index < -0.39 is 5.91 Å². The van der Waals surface area contributed by atoms with Gasteiger partial charge in [-0.3, -0.25) is 10.2 Å². The van der Waals surface area contributed by atoms with E-state index in [0.717, 1.165) is 5.56 Å². The van der Waals surface area contributed by atoms with Gasteiger partial charge in [0.2, 0.25) is 0 Å². The molecule has 0 spiro atoms. The fourth-order valence-electron chi connectivity index (χ4n) is 1.61. The highest BCUT2D eigenvalue weighted by Gasteiger charge is 2.17. The standard InChI is InChI=1S/C13H12BrN3O2S/c1-8-3-2-4-9(7-8)17(13(15)20)16-12(18)10-5-6-11(14)19-10/h2-7H,1H3,(H2,15,20)(H,16,18). The molecule has 0 fully saturated rings. The fraction of sp³-hybridized carbons (Fsp3) is 0.0769. The van der Waals surface area contributed by atoms with Gasteiger partial charge in [0.05, 0.1) is 5.69 Å². The minimum Gasteiger partial charge on any atom is -0.444 e. The zero-order valence-electron chi connectivity index (χ0n) is 10.6. The van der Waals surface area contributed by atoms with Gasteiger partial charge in [0.1, 0.15) is 0 Å². The zero-order chi connectivity index (χ0) is 14.7. The van der Waals surface area contributed by atoms with Crippen molar-refractivity contribution in [2.45, 2.75) is 6.92 Å². The summed E-state index contributed by atoms with van der Waals surface area (Å²) in [5.74, 6) is -0.282. The summed E-state index contributed by atoms with van der Waals surface area (Å²) in [5, 5.41) is 1.37.